The van der Waals surface area contributed by atoms with Gasteiger partial charge in [-0.3, -0.25) is 14.2 Å². The van der Waals surface area contributed by atoms with Gasteiger partial charge in [0.1, 0.15) is 12.4 Å². The third kappa shape index (κ3) is 1.79. The van der Waals surface area contributed by atoms with E-state index in [0.717, 1.165) is 0 Å². The topological polar surface area (TPSA) is 65.1 Å². The van der Waals surface area contributed by atoms with Crippen molar-refractivity contribution in [3.63, 3.8) is 0 Å². The quantitative estimate of drug-likeness (QED) is 0.806. The Hall–Kier alpha value is -2.17. The Kier molecular flexibility index (Phi) is 2.44. The number of halogens is 1. The van der Waals surface area contributed by atoms with Gasteiger partial charge in [-0.2, -0.15) is 0 Å². The summed E-state index contributed by atoms with van der Waals surface area (Å²) in [6.07, 6.45) is 0. The minimum Gasteiger partial charge on any atom is -0.368 e. The number of hydrogen-bond donors (Lipinski definition) is 1. The predicted octanol–water partition coefficient (Wildman–Crippen LogP) is 0.626. The van der Waals surface area contributed by atoms with Crippen LogP contribution in [0.25, 0.3) is 10.9 Å². The highest BCUT2D eigenvalue weighted by Gasteiger charge is 2.05. The number of carbonyl (C=O) groups excluding carboxylic acids is 1. The van der Waals surface area contributed by atoms with Gasteiger partial charge in [-0.15, -0.1) is 0 Å². The average Bonchev–Trinajstić information content (AvgIpc) is 2.22. The Bertz CT molecular complexity index is 619. The van der Waals surface area contributed by atoms with Gasteiger partial charge < -0.3 is 5.73 Å². The highest BCUT2D eigenvalue weighted by molar-refractivity contribution is 5.81. The Labute approximate surface area is 90.1 Å². The van der Waals surface area contributed by atoms with Crippen LogP contribution in [0.1, 0.15) is 0 Å². The maximum atomic E-state index is 13.0. The lowest BCUT2D eigenvalue weighted by molar-refractivity contribution is -0.118. The number of amides is 1. The lowest BCUT2D eigenvalue weighted by Gasteiger charge is -2.07. The zero-order chi connectivity index (χ0) is 11.7. The number of aromatic nitrogens is 1. The Morgan fingerprint density at radius 1 is 1.31 bits per heavy atom. The van der Waals surface area contributed by atoms with Crippen LogP contribution in [0, 0.1) is 5.82 Å². The molecule has 0 saturated heterocycles. The van der Waals surface area contributed by atoms with Gasteiger partial charge in [-0.1, -0.05) is 0 Å². The van der Waals surface area contributed by atoms with Crippen molar-refractivity contribution in [3.8, 4) is 0 Å². The second kappa shape index (κ2) is 3.77. The molecular formula is C11H9FN2O2. The summed E-state index contributed by atoms with van der Waals surface area (Å²) in [7, 11) is 0. The van der Waals surface area contributed by atoms with E-state index in [1.165, 1.54) is 34.9 Å². The molecule has 2 rings (SSSR count). The summed E-state index contributed by atoms with van der Waals surface area (Å²) in [5.41, 5.74) is 5.20. The molecule has 0 aliphatic rings. The molecule has 2 N–H and O–H groups in total. The van der Waals surface area contributed by atoms with E-state index in [9.17, 15) is 14.0 Å². The number of rotatable bonds is 2. The molecule has 5 heteroatoms. The van der Waals surface area contributed by atoms with Crippen LogP contribution < -0.4 is 11.3 Å². The molecule has 1 amide bonds. The summed E-state index contributed by atoms with van der Waals surface area (Å²) in [4.78, 5) is 22.3. The Balaban J connectivity index is 2.74. The third-order valence-electron chi connectivity index (χ3n) is 2.27. The van der Waals surface area contributed by atoms with E-state index < -0.39 is 11.7 Å². The number of nitrogens with two attached hydrogens (primary N) is 1. The largest absolute Gasteiger partial charge is 0.368 e. The first-order valence-electron chi connectivity index (χ1n) is 4.65. The van der Waals surface area contributed by atoms with Crippen LogP contribution in [0.3, 0.4) is 0 Å². The maximum Gasteiger partial charge on any atom is 0.251 e. The monoisotopic (exact) mass is 220 g/mol. The summed E-state index contributed by atoms with van der Waals surface area (Å²) >= 11 is 0. The van der Waals surface area contributed by atoms with Gasteiger partial charge in [0, 0.05) is 11.5 Å². The molecule has 0 saturated carbocycles. The molecule has 16 heavy (non-hydrogen) atoms. The van der Waals surface area contributed by atoms with Crippen LogP contribution in [0.15, 0.2) is 35.1 Å². The van der Waals surface area contributed by atoms with Crippen molar-refractivity contribution in [2.45, 2.75) is 6.54 Å². The van der Waals surface area contributed by atoms with Crippen molar-refractivity contribution in [2.75, 3.05) is 0 Å². The van der Waals surface area contributed by atoms with Crippen molar-refractivity contribution >= 4 is 16.8 Å². The molecule has 1 heterocycles. The van der Waals surface area contributed by atoms with Gasteiger partial charge in [0.05, 0.1) is 5.52 Å². The molecule has 0 fully saturated rings. The maximum absolute atomic E-state index is 13.0. The molecule has 1 aromatic heterocycles. The molecule has 0 atom stereocenters. The Morgan fingerprint density at radius 2 is 2.06 bits per heavy atom. The molecule has 2 aromatic rings. The number of carbonyl (C=O) groups is 1. The number of hydrogen-bond acceptors (Lipinski definition) is 2. The highest BCUT2D eigenvalue weighted by atomic mass is 19.1. The normalized spacial score (nSPS) is 10.6. The zero-order valence-electron chi connectivity index (χ0n) is 8.31. The highest BCUT2D eigenvalue weighted by Crippen LogP contribution is 2.13. The molecule has 0 radical (unpaired) electrons. The van der Waals surface area contributed by atoms with E-state index in [4.69, 9.17) is 5.73 Å². The number of pyridine rings is 1. The first-order chi connectivity index (χ1) is 7.58. The fraction of sp³-hybridized carbons (Fsp3) is 0.0909. The SMILES string of the molecule is NC(=O)Cn1c(=O)ccc2cc(F)ccc21. The molecule has 0 aliphatic carbocycles. The first kappa shape index (κ1) is 10.4. The van der Waals surface area contributed by atoms with Crippen LogP contribution in [-0.4, -0.2) is 10.5 Å². The molecule has 82 valence electrons. The molecule has 0 aliphatic heterocycles. The lowest BCUT2D eigenvalue weighted by Crippen LogP contribution is -2.27. The number of benzene rings is 1. The van der Waals surface area contributed by atoms with Crippen molar-refractivity contribution in [3.05, 3.63) is 46.5 Å². The van der Waals surface area contributed by atoms with Gasteiger partial charge >= 0.3 is 0 Å². The third-order valence-corrected chi connectivity index (χ3v) is 2.27. The minimum atomic E-state index is -0.612. The molecule has 4 nitrogen and oxygen atoms in total. The van der Waals surface area contributed by atoms with E-state index in [1.54, 1.807) is 0 Å². The first-order valence-corrected chi connectivity index (χ1v) is 4.65. The molecule has 1 aromatic carbocycles. The molecular weight excluding hydrogens is 211 g/mol. The van der Waals surface area contributed by atoms with Crippen molar-refractivity contribution in [2.24, 2.45) is 5.73 Å². The van der Waals surface area contributed by atoms with Crippen molar-refractivity contribution in [1.29, 1.82) is 0 Å². The van der Waals surface area contributed by atoms with Crippen LogP contribution in [0.4, 0.5) is 4.39 Å². The lowest BCUT2D eigenvalue weighted by atomic mass is 10.2. The summed E-state index contributed by atoms with van der Waals surface area (Å²) in [5, 5.41) is 0.556. The molecule has 0 unspecified atom stereocenters. The second-order valence-electron chi connectivity index (χ2n) is 3.43. The van der Waals surface area contributed by atoms with Gasteiger partial charge in [-0.05, 0) is 24.3 Å². The molecule has 0 bridgehead atoms. The standard InChI is InChI=1S/C11H9FN2O2/c12-8-2-3-9-7(5-8)1-4-11(16)14(9)6-10(13)15/h1-5H,6H2,(H2,13,15). The summed E-state index contributed by atoms with van der Waals surface area (Å²) in [6, 6.07) is 6.78. The van der Waals surface area contributed by atoms with E-state index in [2.05, 4.69) is 0 Å². The number of fused-ring (bicyclic) bond motifs is 1. The van der Waals surface area contributed by atoms with Crippen molar-refractivity contribution in [1.82, 2.24) is 4.57 Å². The smallest absolute Gasteiger partial charge is 0.251 e. The van der Waals surface area contributed by atoms with E-state index >= 15 is 0 Å². The fourth-order valence-corrected chi connectivity index (χ4v) is 1.59. The van der Waals surface area contributed by atoms with E-state index in [0.29, 0.717) is 10.9 Å². The van der Waals surface area contributed by atoms with Crippen LogP contribution in [0.2, 0.25) is 0 Å². The molecule has 0 spiro atoms. The van der Waals surface area contributed by atoms with Gasteiger partial charge in [0.15, 0.2) is 0 Å². The second-order valence-corrected chi connectivity index (χ2v) is 3.43. The summed E-state index contributed by atoms with van der Waals surface area (Å²) in [6.45, 7) is -0.207. The van der Waals surface area contributed by atoms with Crippen LogP contribution >= 0.6 is 0 Å². The fourth-order valence-electron chi connectivity index (χ4n) is 1.59. The number of primary amides is 1. The van der Waals surface area contributed by atoms with Gasteiger partial charge in [-0.25, -0.2) is 4.39 Å². The Morgan fingerprint density at radius 3 is 2.75 bits per heavy atom. The van der Waals surface area contributed by atoms with Crippen LogP contribution in [-0.2, 0) is 11.3 Å². The van der Waals surface area contributed by atoms with E-state index in [-0.39, 0.29) is 12.1 Å². The summed E-state index contributed by atoms with van der Waals surface area (Å²) in [5.74, 6) is -1.00. The predicted molar refractivity (Wildman–Crippen MR) is 57.4 cm³/mol. The zero-order valence-corrected chi connectivity index (χ0v) is 8.31. The average molecular weight is 220 g/mol. The van der Waals surface area contributed by atoms with Crippen LogP contribution in [0.5, 0.6) is 0 Å². The summed E-state index contributed by atoms with van der Waals surface area (Å²) < 4.78 is 14.2. The van der Waals surface area contributed by atoms with Gasteiger partial charge in [0.25, 0.3) is 5.56 Å². The number of nitrogens with zero attached hydrogens (tertiary/aromatic N) is 1. The van der Waals surface area contributed by atoms with Crippen molar-refractivity contribution < 1.29 is 9.18 Å². The van der Waals surface area contributed by atoms with Gasteiger partial charge in [0.2, 0.25) is 5.91 Å². The minimum absolute atomic E-state index is 0.207. The van der Waals surface area contributed by atoms with E-state index in [1.807, 2.05) is 0 Å².